The van der Waals surface area contributed by atoms with E-state index >= 15 is 0 Å². The van der Waals surface area contributed by atoms with Crippen LogP contribution in [0.4, 0.5) is 4.79 Å². The van der Waals surface area contributed by atoms with Gasteiger partial charge in [0.25, 0.3) is 5.91 Å². The Balaban J connectivity index is 4.01. The highest BCUT2D eigenvalue weighted by Crippen LogP contribution is 2.06. The summed E-state index contributed by atoms with van der Waals surface area (Å²) in [4.78, 5) is 22.2. The van der Waals surface area contributed by atoms with Gasteiger partial charge in [-0.3, -0.25) is 8.32 Å². The number of rotatable bonds is 2. The van der Waals surface area contributed by atoms with Crippen LogP contribution in [0.1, 0.15) is 27.7 Å². The van der Waals surface area contributed by atoms with Gasteiger partial charge in [0.15, 0.2) is 0 Å². The van der Waals surface area contributed by atoms with Crippen molar-refractivity contribution in [3.05, 3.63) is 0 Å². The summed E-state index contributed by atoms with van der Waals surface area (Å²) < 4.78 is 7.36. The van der Waals surface area contributed by atoms with Gasteiger partial charge in [-0.1, -0.05) is 0 Å². The predicted octanol–water partition coefficient (Wildman–Crippen LogP) is 1.37. The van der Waals surface area contributed by atoms with Gasteiger partial charge < -0.3 is 10.1 Å². The van der Waals surface area contributed by atoms with Crippen LogP contribution in [0.15, 0.2) is 0 Å². The molecule has 2 amide bonds. The maximum Gasteiger partial charge on any atom is 0.408 e. The molecule has 0 bridgehead atoms. The maximum absolute atomic E-state index is 11.2. The lowest BCUT2D eigenvalue weighted by atomic mass is 10.2. The molecule has 0 aromatic carbocycles. The van der Waals surface area contributed by atoms with Crippen molar-refractivity contribution in [2.75, 3.05) is 0 Å². The molecule has 2 N–H and O–H groups in total. The van der Waals surface area contributed by atoms with E-state index < -0.39 is 17.7 Å². The minimum absolute atomic E-state index is 0.267. The van der Waals surface area contributed by atoms with Gasteiger partial charge in [-0.15, -0.1) is 0 Å². The third kappa shape index (κ3) is 6.01. The normalized spacial score (nSPS) is 12.9. The van der Waals surface area contributed by atoms with Crippen LogP contribution >= 0.6 is 22.9 Å². The van der Waals surface area contributed by atoms with Crippen molar-refractivity contribution in [2.45, 2.75) is 39.3 Å². The fourth-order valence-corrected chi connectivity index (χ4v) is 1.10. The number of ether oxygens (including phenoxy) is 1. The molecule has 0 saturated carbocycles. The van der Waals surface area contributed by atoms with E-state index in [-0.39, 0.29) is 5.91 Å². The van der Waals surface area contributed by atoms with Crippen LogP contribution in [0.3, 0.4) is 0 Å². The molecule has 6 heteroatoms. The van der Waals surface area contributed by atoms with Crippen LogP contribution in [-0.2, 0) is 9.53 Å². The molecule has 0 aliphatic heterocycles. The molecule has 0 fully saturated rings. The Kier molecular flexibility index (Phi) is 5.17. The minimum atomic E-state index is -0.596. The number of alkyl carbamates (subject to hydrolysis) is 1. The summed E-state index contributed by atoms with van der Waals surface area (Å²) in [5.41, 5.74) is -0.551. The van der Waals surface area contributed by atoms with E-state index in [0.29, 0.717) is 0 Å². The maximum atomic E-state index is 11.2. The molecule has 0 aromatic heterocycles. The zero-order valence-corrected chi connectivity index (χ0v) is 10.8. The van der Waals surface area contributed by atoms with Gasteiger partial charge in [-0.05, 0) is 27.7 Å². The zero-order valence-electron chi connectivity index (χ0n) is 8.68. The van der Waals surface area contributed by atoms with E-state index in [0.717, 1.165) is 0 Å². The van der Waals surface area contributed by atoms with Gasteiger partial charge in [0.05, 0.1) is 22.9 Å². The van der Waals surface area contributed by atoms with Crippen LogP contribution < -0.4 is 8.85 Å². The van der Waals surface area contributed by atoms with E-state index in [1.54, 1.807) is 50.6 Å². The lowest BCUT2D eigenvalue weighted by Gasteiger charge is -2.21. The summed E-state index contributed by atoms with van der Waals surface area (Å²) in [5.74, 6) is -0.267. The number of hydrogen-bond acceptors (Lipinski definition) is 3. The molecular weight excluding hydrogens is 299 g/mol. The Morgan fingerprint density at radius 1 is 1.36 bits per heavy atom. The van der Waals surface area contributed by atoms with Gasteiger partial charge in [0.1, 0.15) is 11.6 Å². The van der Waals surface area contributed by atoms with E-state index in [9.17, 15) is 9.59 Å². The van der Waals surface area contributed by atoms with Crippen LogP contribution in [0.5, 0.6) is 0 Å². The Morgan fingerprint density at radius 3 is 2.21 bits per heavy atom. The molecule has 0 radical (unpaired) electrons. The van der Waals surface area contributed by atoms with Crippen LogP contribution in [0.25, 0.3) is 0 Å². The van der Waals surface area contributed by atoms with Crippen molar-refractivity contribution < 1.29 is 14.3 Å². The second-order valence-electron chi connectivity index (χ2n) is 3.83. The predicted molar refractivity (Wildman–Crippen MR) is 61.0 cm³/mol. The largest absolute Gasteiger partial charge is 0.444 e. The molecule has 1 unspecified atom stereocenters. The zero-order chi connectivity index (χ0) is 11.4. The third-order valence-corrected chi connectivity index (χ3v) is 1.75. The quantitative estimate of drug-likeness (QED) is 0.597. The van der Waals surface area contributed by atoms with Crippen molar-refractivity contribution in [2.24, 2.45) is 0 Å². The SMILES string of the molecule is CC(NC(=O)OC(C)(C)C)C(=O)NI. The van der Waals surface area contributed by atoms with Crippen molar-refractivity contribution in [1.82, 2.24) is 8.85 Å². The number of carbonyl (C=O) groups is 2. The van der Waals surface area contributed by atoms with Crippen LogP contribution in [-0.4, -0.2) is 23.6 Å². The molecule has 0 spiro atoms. The average molecular weight is 314 g/mol. The highest BCUT2D eigenvalue weighted by Gasteiger charge is 2.20. The van der Waals surface area contributed by atoms with E-state index in [1.165, 1.54) is 0 Å². The fraction of sp³-hybridized carbons (Fsp3) is 0.750. The molecule has 0 heterocycles. The van der Waals surface area contributed by atoms with Gasteiger partial charge >= 0.3 is 6.09 Å². The monoisotopic (exact) mass is 314 g/mol. The lowest BCUT2D eigenvalue weighted by molar-refractivity contribution is -0.120. The fourth-order valence-electron chi connectivity index (χ4n) is 0.632. The second kappa shape index (κ2) is 5.38. The van der Waals surface area contributed by atoms with Crippen LogP contribution in [0.2, 0.25) is 0 Å². The topological polar surface area (TPSA) is 67.4 Å². The molecule has 0 aromatic rings. The Bertz CT molecular complexity index is 225. The van der Waals surface area contributed by atoms with Crippen molar-refractivity contribution >= 4 is 34.9 Å². The number of amides is 2. The molecule has 1 atom stereocenters. The first kappa shape index (κ1) is 13.5. The van der Waals surface area contributed by atoms with Crippen molar-refractivity contribution in [3.63, 3.8) is 0 Å². The highest BCUT2D eigenvalue weighted by molar-refractivity contribution is 14.1. The first-order chi connectivity index (χ1) is 6.26. The van der Waals surface area contributed by atoms with E-state index in [4.69, 9.17) is 4.74 Å². The molecular formula is C8H15IN2O3. The Morgan fingerprint density at radius 2 is 1.86 bits per heavy atom. The van der Waals surface area contributed by atoms with Crippen molar-refractivity contribution in [3.8, 4) is 0 Å². The summed E-state index contributed by atoms with van der Waals surface area (Å²) in [6.45, 7) is 6.86. The lowest BCUT2D eigenvalue weighted by Crippen LogP contribution is -2.44. The van der Waals surface area contributed by atoms with E-state index in [2.05, 4.69) is 8.85 Å². The molecule has 0 rings (SSSR count). The molecule has 14 heavy (non-hydrogen) atoms. The summed E-state index contributed by atoms with van der Waals surface area (Å²) in [6, 6.07) is -0.596. The van der Waals surface area contributed by atoms with E-state index in [1.807, 2.05) is 0 Å². The summed E-state index contributed by atoms with van der Waals surface area (Å²) in [5, 5.41) is 2.41. The number of nitrogens with one attached hydrogen (secondary N) is 2. The second-order valence-corrected chi connectivity index (χ2v) is 4.37. The number of halogens is 1. The summed E-state index contributed by atoms with van der Waals surface area (Å²) in [6.07, 6.45) is -0.593. The number of carbonyl (C=O) groups excluding carboxylic acids is 2. The summed E-state index contributed by atoms with van der Waals surface area (Å²) >= 11 is 1.71. The minimum Gasteiger partial charge on any atom is -0.444 e. The summed E-state index contributed by atoms with van der Waals surface area (Å²) in [7, 11) is 0. The molecule has 5 nitrogen and oxygen atoms in total. The molecule has 0 aliphatic rings. The third-order valence-electron chi connectivity index (χ3n) is 1.22. The standard InChI is InChI=1S/C8H15IN2O3/c1-5(6(12)11-9)10-7(13)14-8(2,3)4/h5H,1-4H3,(H,10,13)(H,11,12). The van der Waals surface area contributed by atoms with Gasteiger partial charge in [0.2, 0.25) is 0 Å². The van der Waals surface area contributed by atoms with Gasteiger partial charge in [0, 0.05) is 0 Å². The Hall–Kier alpha value is -0.530. The average Bonchev–Trinajstić information content (AvgIpc) is 1.99. The first-order valence-corrected chi connectivity index (χ1v) is 5.24. The van der Waals surface area contributed by atoms with Gasteiger partial charge in [-0.25, -0.2) is 4.79 Å². The smallest absolute Gasteiger partial charge is 0.408 e. The van der Waals surface area contributed by atoms with Gasteiger partial charge in [-0.2, -0.15) is 0 Å². The van der Waals surface area contributed by atoms with Crippen LogP contribution in [0, 0.1) is 0 Å². The number of hydrogen-bond donors (Lipinski definition) is 2. The molecule has 82 valence electrons. The van der Waals surface area contributed by atoms with Crippen molar-refractivity contribution in [1.29, 1.82) is 0 Å². The molecule has 0 saturated heterocycles. The molecule has 0 aliphatic carbocycles. The highest BCUT2D eigenvalue weighted by atomic mass is 127. The first-order valence-electron chi connectivity index (χ1n) is 4.16. The Labute approximate surface area is 97.4 Å².